The van der Waals surface area contributed by atoms with E-state index in [0.29, 0.717) is 0 Å². The third kappa shape index (κ3) is 2.95. The van der Waals surface area contributed by atoms with E-state index in [0.717, 1.165) is 59.7 Å². The quantitative estimate of drug-likeness (QED) is 0.737. The Morgan fingerprint density at radius 2 is 1.96 bits per heavy atom. The van der Waals surface area contributed by atoms with Crippen molar-refractivity contribution in [2.75, 3.05) is 4.90 Å². The van der Waals surface area contributed by atoms with Gasteiger partial charge in [0.05, 0.1) is 11.9 Å². The number of para-hydroxylation sites is 1. The van der Waals surface area contributed by atoms with Gasteiger partial charge in [-0.25, -0.2) is 0 Å². The fraction of sp³-hybridized carbons (Fsp3) is 0.318. The number of hydrogen-bond acceptors (Lipinski definition) is 4. The zero-order valence-corrected chi connectivity index (χ0v) is 15.8. The van der Waals surface area contributed by atoms with E-state index in [4.69, 9.17) is 4.74 Å². The summed E-state index contributed by atoms with van der Waals surface area (Å²) in [6.07, 6.45) is 5.47. The summed E-state index contributed by atoms with van der Waals surface area (Å²) in [4.78, 5) is 15.0. The van der Waals surface area contributed by atoms with Gasteiger partial charge in [0.15, 0.2) is 0 Å². The lowest BCUT2D eigenvalue weighted by Gasteiger charge is -2.36. The predicted molar refractivity (Wildman–Crippen MR) is 106 cm³/mol. The van der Waals surface area contributed by atoms with Crippen LogP contribution in [-0.4, -0.2) is 27.4 Å². The number of aromatic nitrogens is 3. The molecule has 2 heterocycles. The Hall–Kier alpha value is -3.15. The molecule has 1 aromatic heterocycles. The molecule has 1 fully saturated rings. The molecule has 1 amide bonds. The largest absolute Gasteiger partial charge is 0.456 e. The molecule has 0 bridgehead atoms. The van der Waals surface area contributed by atoms with E-state index >= 15 is 0 Å². The molecule has 1 saturated carbocycles. The molecule has 1 unspecified atom stereocenters. The van der Waals surface area contributed by atoms with Crippen molar-refractivity contribution in [2.45, 2.75) is 38.6 Å². The molecule has 1 atom stereocenters. The van der Waals surface area contributed by atoms with Crippen LogP contribution in [0.5, 0.6) is 11.5 Å². The van der Waals surface area contributed by atoms with Crippen molar-refractivity contribution in [3.63, 3.8) is 0 Å². The van der Waals surface area contributed by atoms with Gasteiger partial charge in [-0.15, -0.1) is 0 Å². The predicted octanol–water partition coefficient (Wildman–Crippen LogP) is 4.34. The number of nitrogens with zero attached hydrogens (tertiary/aromatic N) is 3. The van der Waals surface area contributed by atoms with Gasteiger partial charge < -0.3 is 9.64 Å². The van der Waals surface area contributed by atoms with Gasteiger partial charge in [0, 0.05) is 23.1 Å². The maximum atomic E-state index is 13.0. The van der Waals surface area contributed by atoms with Crippen molar-refractivity contribution in [3.8, 4) is 22.8 Å². The topological polar surface area (TPSA) is 71.1 Å². The number of H-pyrrole nitrogens is 1. The number of nitrogens with one attached hydrogen (secondary N) is 1. The van der Waals surface area contributed by atoms with Crippen LogP contribution in [0.2, 0.25) is 0 Å². The molecule has 0 spiro atoms. The molecule has 0 saturated heterocycles. The normalized spacial score (nSPS) is 18.6. The molecule has 6 nitrogen and oxygen atoms in total. The number of fused-ring (bicyclic) bond motifs is 1. The number of aromatic amines is 1. The van der Waals surface area contributed by atoms with E-state index in [2.05, 4.69) is 22.3 Å². The van der Waals surface area contributed by atoms with E-state index in [9.17, 15) is 4.79 Å². The number of carbonyl (C=O) groups is 1. The first-order chi connectivity index (χ1) is 13.7. The number of benzene rings is 2. The maximum absolute atomic E-state index is 13.0. The van der Waals surface area contributed by atoms with Crippen LogP contribution in [0.1, 0.15) is 31.7 Å². The van der Waals surface area contributed by atoms with Crippen LogP contribution < -0.4 is 9.64 Å². The van der Waals surface area contributed by atoms with Gasteiger partial charge in [-0.2, -0.15) is 15.4 Å². The Morgan fingerprint density at radius 3 is 2.68 bits per heavy atom. The van der Waals surface area contributed by atoms with Crippen LogP contribution >= 0.6 is 0 Å². The minimum Gasteiger partial charge on any atom is -0.456 e. The summed E-state index contributed by atoms with van der Waals surface area (Å²) in [5.74, 6) is 1.95. The SMILES string of the molecule is CC1CCc2c(ccc(-c3cn[nH]n3)c2Oc2ccccc2)N1C(=O)C1CC1. The van der Waals surface area contributed by atoms with Crippen LogP contribution in [0.25, 0.3) is 11.3 Å². The number of carbonyl (C=O) groups excluding carboxylic acids is 1. The fourth-order valence-electron chi connectivity index (χ4n) is 3.92. The minimum atomic E-state index is 0.183. The lowest BCUT2D eigenvalue weighted by molar-refractivity contribution is -0.120. The second-order valence-corrected chi connectivity index (χ2v) is 7.58. The zero-order chi connectivity index (χ0) is 19.1. The molecule has 1 aliphatic carbocycles. The third-order valence-electron chi connectivity index (χ3n) is 5.57. The second kappa shape index (κ2) is 6.78. The summed E-state index contributed by atoms with van der Waals surface area (Å²) in [6, 6.07) is 14.0. The fourth-order valence-corrected chi connectivity index (χ4v) is 3.92. The Balaban J connectivity index is 1.65. The van der Waals surface area contributed by atoms with Gasteiger partial charge in [-0.1, -0.05) is 18.2 Å². The number of anilines is 1. The summed E-state index contributed by atoms with van der Waals surface area (Å²) in [5.41, 5.74) is 3.64. The van der Waals surface area contributed by atoms with Crippen LogP contribution in [0.3, 0.4) is 0 Å². The third-order valence-corrected chi connectivity index (χ3v) is 5.57. The van der Waals surface area contributed by atoms with Gasteiger partial charge in [0.25, 0.3) is 0 Å². The Bertz CT molecular complexity index is 997. The molecular weight excluding hydrogens is 352 g/mol. The smallest absolute Gasteiger partial charge is 0.230 e. The highest BCUT2D eigenvalue weighted by Gasteiger charge is 2.39. The molecule has 0 radical (unpaired) electrons. The van der Waals surface area contributed by atoms with E-state index in [-0.39, 0.29) is 17.9 Å². The van der Waals surface area contributed by atoms with Gasteiger partial charge in [0.2, 0.25) is 5.91 Å². The molecule has 1 aliphatic heterocycles. The Kier molecular flexibility index (Phi) is 4.11. The molecule has 3 aromatic rings. The molecule has 142 valence electrons. The summed E-state index contributed by atoms with van der Waals surface area (Å²) in [7, 11) is 0. The summed E-state index contributed by atoms with van der Waals surface area (Å²) >= 11 is 0. The molecule has 6 heteroatoms. The van der Waals surface area contributed by atoms with E-state index in [1.165, 1.54) is 0 Å². The summed E-state index contributed by atoms with van der Waals surface area (Å²) in [6.45, 7) is 2.13. The number of hydrogen-bond donors (Lipinski definition) is 1. The number of ether oxygens (including phenoxy) is 1. The van der Waals surface area contributed by atoms with Crippen LogP contribution in [0.15, 0.2) is 48.7 Å². The van der Waals surface area contributed by atoms with E-state index < -0.39 is 0 Å². The first kappa shape index (κ1) is 17.0. The first-order valence-electron chi connectivity index (χ1n) is 9.80. The monoisotopic (exact) mass is 374 g/mol. The zero-order valence-electron chi connectivity index (χ0n) is 15.8. The van der Waals surface area contributed by atoms with Gasteiger partial charge in [-0.3, -0.25) is 4.79 Å². The minimum absolute atomic E-state index is 0.183. The number of amides is 1. The Morgan fingerprint density at radius 1 is 1.14 bits per heavy atom. The molecule has 1 N–H and O–H groups in total. The van der Waals surface area contributed by atoms with Crippen LogP contribution in [-0.2, 0) is 11.2 Å². The summed E-state index contributed by atoms with van der Waals surface area (Å²) < 4.78 is 6.35. The highest BCUT2D eigenvalue weighted by molar-refractivity contribution is 5.99. The standard InChI is InChI=1S/C22H22N4O2/c1-14-7-10-18-20(26(14)22(27)15-8-9-15)12-11-17(19-13-23-25-24-19)21(18)28-16-5-3-2-4-6-16/h2-6,11-15H,7-10H2,1H3,(H,23,24,25). The molecule has 5 rings (SSSR count). The highest BCUT2D eigenvalue weighted by Crippen LogP contribution is 2.45. The molecule has 2 aliphatic rings. The summed E-state index contributed by atoms with van der Waals surface area (Å²) in [5, 5.41) is 10.9. The van der Waals surface area contributed by atoms with E-state index in [1.807, 2.05) is 47.4 Å². The van der Waals surface area contributed by atoms with Crippen molar-refractivity contribution < 1.29 is 9.53 Å². The average Bonchev–Trinajstić information content (AvgIpc) is 3.43. The lowest BCUT2D eigenvalue weighted by atomic mass is 9.92. The van der Waals surface area contributed by atoms with Gasteiger partial charge in [0.1, 0.15) is 17.2 Å². The van der Waals surface area contributed by atoms with Crippen LogP contribution in [0, 0.1) is 5.92 Å². The van der Waals surface area contributed by atoms with Crippen molar-refractivity contribution >= 4 is 11.6 Å². The van der Waals surface area contributed by atoms with Crippen molar-refractivity contribution in [2.24, 2.45) is 5.92 Å². The van der Waals surface area contributed by atoms with Gasteiger partial charge in [-0.05, 0) is 56.9 Å². The van der Waals surface area contributed by atoms with E-state index in [1.54, 1.807) is 6.20 Å². The Labute approximate surface area is 163 Å². The van der Waals surface area contributed by atoms with Gasteiger partial charge >= 0.3 is 0 Å². The number of rotatable bonds is 4. The lowest BCUT2D eigenvalue weighted by Crippen LogP contribution is -2.43. The molecular formula is C22H22N4O2. The molecule has 28 heavy (non-hydrogen) atoms. The average molecular weight is 374 g/mol. The van der Waals surface area contributed by atoms with Crippen molar-refractivity contribution in [1.29, 1.82) is 0 Å². The molecule has 2 aromatic carbocycles. The second-order valence-electron chi connectivity index (χ2n) is 7.58. The highest BCUT2D eigenvalue weighted by atomic mass is 16.5. The van der Waals surface area contributed by atoms with Crippen LogP contribution in [0.4, 0.5) is 5.69 Å². The maximum Gasteiger partial charge on any atom is 0.230 e. The first-order valence-corrected chi connectivity index (χ1v) is 9.80. The van der Waals surface area contributed by atoms with Crippen molar-refractivity contribution in [3.05, 3.63) is 54.2 Å². The van der Waals surface area contributed by atoms with Crippen molar-refractivity contribution in [1.82, 2.24) is 15.4 Å².